The topological polar surface area (TPSA) is 15.8 Å². The van der Waals surface area contributed by atoms with Gasteiger partial charge in [0.2, 0.25) is 0 Å². The van der Waals surface area contributed by atoms with Crippen LogP contribution >= 0.6 is 22.7 Å². The van der Waals surface area contributed by atoms with Gasteiger partial charge in [-0.25, -0.2) is 0 Å². The summed E-state index contributed by atoms with van der Waals surface area (Å²) < 4.78 is 5.53. The number of hydrogen-bond donors (Lipinski definition) is 1. The standard InChI is InChI=1S/C16H9NS2/c1-3-7-11-9(5-1)13-15(18-11)16-14(17-13)10-6-2-4-8-12(10)19-16/h1-8,17H. The van der Waals surface area contributed by atoms with Crippen molar-refractivity contribution in [2.45, 2.75) is 0 Å². The number of nitrogens with one attached hydrogen (secondary N) is 1. The van der Waals surface area contributed by atoms with Gasteiger partial charge >= 0.3 is 0 Å². The minimum atomic E-state index is 1.30. The van der Waals surface area contributed by atoms with Crippen LogP contribution in [0.5, 0.6) is 0 Å². The molecule has 3 aromatic heterocycles. The van der Waals surface area contributed by atoms with Crippen molar-refractivity contribution < 1.29 is 0 Å². The molecule has 5 rings (SSSR count). The molecule has 0 bridgehead atoms. The second kappa shape index (κ2) is 3.38. The highest BCUT2D eigenvalue weighted by atomic mass is 32.1. The van der Waals surface area contributed by atoms with Gasteiger partial charge in [-0.2, -0.15) is 0 Å². The largest absolute Gasteiger partial charge is 0.352 e. The Morgan fingerprint density at radius 2 is 1.11 bits per heavy atom. The van der Waals surface area contributed by atoms with Crippen molar-refractivity contribution >= 4 is 63.3 Å². The van der Waals surface area contributed by atoms with Crippen LogP contribution in [0.15, 0.2) is 48.5 Å². The maximum atomic E-state index is 3.64. The summed E-state index contributed by atoms with van der Waals surface area (Å²) in [5.74, 6) is 0. The van der Waals surface area contributed by atoms with E-state index in [4.69, 9.17) is 0 Å². The zero-order valence-corrected chi connectivity index (χ0v) is 11.6. The van der Waals surface area contributed by atoms with Crippen LogP contribution < -0.4 is 0 Å². The predicted molar refractivity (Wildman–Crippen MR) is 86.6 cm³/mol. The smallest absolute Gasteiger partial charge is 0.0711 e. The molecule has 0 saturated carbocycles. The van der Waals surface area contributed by atoms with Crippen molar-refractivity contribution in [2.75, 3.05) is 0 Å². The quantitative estimate of drug-likeness (QED) is 0.371. The molecule has 0 aliphatic heterocycles. The van der Waals surface area contributed by atoms with Gasteiger partial charge in [0.25, 0.3) is 0 Å². The molecule has 0 fully saturated rings. The normalized spacial score (nSPS) is 12.2. The minimum absolute atomic E-state index is 1.30. The molecule has 0 aliphatic rings. The van der Waals surface area contributed by atoms with Gasteiger partial charge in [-0.05, 0) is 12.1 Å². The summed E-state index contributed by atoms with van der Waals surface area (Å²) in [6, 6.07) is 17.3. The molecule has 0 unspecified atom stereocenters. The van der Waals surface area contributed by atoms with Crippen molar-refractivity contribution in [1.29, 1.82) is 0 Å². The molecule has 3 heterocycles. The molecule has 90 valence electrons. The summed E-state index contributed by atoms with van der Waals surface area (Å²) in [6.07, 6.45) is 0. The molecular formula is C16H9NS2. The van der Waals surface area contributed by atoms with E-state index in [2.05, 4.69) is 53.5 Å². The van der Waals surface area contributed by atoms with Crippen LogP contribution in [0.3, 0.4) is 0 Å². The van der Waals surface area contributed by atoms with E-state index in [1.165, 1.54) is 40.6 Å². The highest BCUT2D eigenvalue weighted by Gasteiger charge is 2.14. The fraction of sp³-hybridized carbons (Fsp3) is 0. The molecular weight excluding hydrogens is 270 g/mol. The fourth-order valence-electron chi connectivity index (χ4n) is 2.78. The molecule has 0 amide bonds. The van der Waals surface area contributed by atoms with Crippen LogP contribution in [0.4, 0.5) is 0 Å². The average Bonchev–Trinajstić information content (AvgIpc) is 3.07. The van der Waals surface area contributed by atoms with Crippen molar-refractivity contribution in [3.8, 4) is 0 Å². The molecule has 0 saturated heterocycles. The lowest BCUT2D eigenvalue weighted by Crippen LogP contribution is -1.67. The Morgan fingerprint density at radius 1 is 0.632 bits per heavy atom. The maximum absolute atomic E-state index is 3.64. The lowest BCUT2D eigenvalue weighted by molar-refractivity contribution is 1.60. The van der Waals surface area contributed by atoms with E-state index in [1.54, 1.807) is 0 Å². The Kier molecular flexibility index (Phi) is 1.78. The summed E-state index contributed by atoms with van der Waals surface area (Å²) in [5, 5.41) is 2.69. The number of aromatic amines is 1. The van der Waals surface area contributed by atoms with E-state index in [0.717, 1.165) is 0 Å². The van der Waals surface area contributed by atoms with Crippen LogP contribution in [0.25, 0.3) is 40.6 Å². The van der Waals surface area contributed by atoms with Gasteiger partial charge in [0.1, 0.15) is 0 Å². The van der Waals surface area contributed by atoms with Gasteiger partial charge < -0.3 is 4.98 Å². The van der Waals surface area contributed by atoms with Crippen molar-refractivity contribution in [3.63, 3.8) is 0 Å². The molecule has 0 atom stereocenters. The first-order valence-electron chi connectivity index (χ1n) is 6.22. The third kappa shape index (κ3) is 1.19. The van der Waals surface area contributed by atoms with Crippen LogP contribution in [0.2, 0.25) is 0 Å². The van der Waals surface area contributed by atoms with E-state index < -0.39 is 0 Å². The average molecular weight is 279 g/mol. The summed E-state index contributed by atoms with van der Waals surface area (Å²) in [6.45, 7) is 0. The molecule has 5 aromatic rings. The maximum Gasteiger partial charge on any atom is 0.0711 e. The summed E-state index contributed by atoms with van der Waals surface area (Å²) in [5.41, 5.74) is 2.60. The zero-order valence-electron chi connectivity index (χ0n) is 9.94. The predicted octanol–water partition coefficient (Wildman–Crippen LogP) is 5.75. The van der Waals surface area contributed by atoms with E-state index in [0.29, 0.717) is 0 Å². The summed E-state index contributed by atoms with van der Waals surface area (Å²) in [7, 11) is 0. The number of H-pyrrole nitrogens is 1. The van der Waals surface area contributed by atoms with Crippen molar-refractivity contribution in [3.05, 3.63) is 48.5 Å². The Hall–Kier alpha value is -1.84. The Bertz CT molecular complexity index is 977. The second-order valence-electron chi connectivity index (χ2n) is 4.73. The van der Waals surface area contributed by atoms with Crippen molar-refractivity contribution in [1.82, 2.24) is 4.98 Å². The van der Waals surface area contributed by atoms with Gasteiger partial charge in [-0.1, -0.05) is 36.4 Å². The SMILES string of the molecule is c1ccc2c(c1)sc1c2[nH]c2c3ccccc3sc21. The van der Waals surface area contributed by atoms with Gasteiger partial charge in [0.15, 0.2) is 0 Å². The van der Waals surface area contributed by atoms with Gasteiger partial charge in [0.05, 0.1) is 20.4 Å². The number of fused-ring (bicyclic) bond motifs is 7. The molecule has 0 aliphatic carbocycles. The van der Waals surface area contributed by atoms with E-state index in [9.17, 15) is 0 Å². The van der Waals surface area contributed by atoms with Crippen LogP contribution in [0, 0.1) is 0 Å². The lowest BCUT2D eigenvalue weighted by atomic mass is 10.2. The Labute approximate surface area is 117 Å². The lowest BCUT2D eigenvalue weighted by Gasteiger charge is -1.89. The van der Waals surface area contributed by atoms with Gasteiger partial charge in [-0.15, -0.1) is 22.7 Å². The number of thiophene rings is 2. The third-order valence-corrected chi connectivity index (χ3v) is 6.15. The van der Waals surface area contributed by atoms with Gasteiger partial charge in [0, 0.05) is 20.2 Å². The fourth-order valence-corrected chi connectivity index (χ4v) is 5.24. The first kappa shape index (κ1) is 10.0. The number of benzene rings is 2. The van der Waals surface area contributed by atoms with Crippen LogP contribution in [0.1, 0.15) is 0 Å². The van der Waals surface area contributed by atoms with E-state index in [1.807, 2.05) is 22.7 Å². The monoisotopic (exact) mass is 279 g/mol. The number of rotatable bonds is 0. The zero-order chi connectivity index (χ0) is 12.4. The second-order valence-corrected chi connectivity index (χ2v) is 6.83. The molecule has 1 nitrogen and oxygen atoms in total. The third-order valence-electron chi connectivity index (χ3n) is 3.65. The molecule has 0 radical (unpaired) electrons. The highest BCUT2D eigenvalue weighted by molar-refractivity contribution is 7.33. The molecule has 3 heteroatoms. The molecule has 2 aromatic carbocycles. The molecule has 0 spiro atoms. The first-order chi connectivity index (χ1) is 9.42. The van der Waals surface area contributed by atoms with E-state index >= 15 is 0 Å². The van der Waals surface area contributed by atoms with Gasteiger partial charge in [-0.3, -0.25) is 0 Å². The molecule has 19 heavy (non-hydrogen) atoms. The number of aromatic nitrogens is 1. The highest BCUT2D eigenvalue weighted by Crippen LogP contribution is 2.44. The van der Waals surface area contributed by atoms with Crippen molar-refractivity contribution in [2.24, 2.45) is 0 Å². The Morgan fingerprint density at radius 3 is 1.63 bits per heavy atom. The Balaban J connectivity index is 2.10. The van der Waals surface area contributed by atoms with Crippen LogP contribution in [-0.2, 0) is 0 Å². The van der Waals surface area contributed by atoms with E-state index in [-0.39, 0.29) is 0 Å². The molecule has 1 N–H and O–H groups in total. The number of hydrogen-bond acceptors (Lipinski definition) is 2. The summed E-state index contributed by atoms with van der Waals surface area (Å²) >= 11 is 3.78. The summed E-state index contributed by atoms with van der Waals surface area (Å²) in [4.78, 5) is 3.64. The first-order valence-corrected chi connectivity index (χ1v) is 7.85. The van der Waals surface area contributed by atoms with Crippen LogP contribution in [-0.4, -0.2) is 4.98 Å². The minimum Gasteiger partial charge on any atom is -0.352 e.